The molecule has 5 heteroatoms. The number of amides is 1. The molecule has 1 amide bonds. The Morgan fingerprint density at radius 3 is 2.71 bits per heavy atom. The lowest BCUT2D eigenvalue weighted by Crippen LogP contribution is -2.30. The Labute approximate surface area is 129 Å². The second-order valence-electron chi connectivity index (χ2n) is 4.54. The number of aromatic nitrogens is 1. The Hall–Kier alpha value is -2.07. The molecule has 1 aromatic heterocycles. The largest absolute Gasteiger partial charge is 0.481 e. The number of carbonyl (C=O) groups is 1. The molecule has 110 valence electrons. The van der Waals surface area contributed by atoms with Crippen LogP contribution in [0.3, 0.4) is 0 Å². The summed E-state index contributed by atoms with van der Waals surface area (Å²) in [4.78, 5) is 18.3. The molecule has 0 spiro atoms. The SMILES string of the molecule is CCN(Cc1cccc(Cl)c1)C(=O)c1ccc(OC)nc1. The van der Waals surface area contributed by atoms with Crippen LogP contribution in [0.15, 0.2) is 42.6 Å². The van der Waals surface area contributed by atoms with Crippen LogP contribution >= 0.6 is 11.6 Å². The van der Waals surface area contributed by atoms with E-state index in [9.17, 15) is 4.79 Å². The van der Waals surface area contributed by atoms with Gasteiger partial charge in [0.2, 0.25) is 5.88 Å². The summed E-state index contributed by atoms with van der Waals surface area (Å²) in [6.07, 6.45) is 1.53. The van der Waals surface area contributed by atoms with Crippen molar-refractivity contribution < 1.29 is 9.53 Å². The number of hydrogen-bond acceptors (Lipinski definition) is 3. The number of methoxy groups -OCH3 is 1. The normalized spacial score (nSPS) is 10.2. The van der Waals surface area contributed by atoms with Crippen LogP contribution in [0.2, 0.25) is 5.02 Å². The maximum Gasteiger partial charge on any atom is 0.255 e. The van der Waals surface area contributed by atoms with Gasteiger partial charge in [-0.15, -0.1) is 0 Å². The Bertz CT molecular complexity index is 614. The van der Waals surface area contributed by atoms with Crippen molar-refractivity contribution in [1.82, 2.24) is 9.88 Å². The number of halogens is 1. The second kappa shape index (κ2) is 7.09. The number of hydrogen-bond donors (Lipinski definition) is 0. The zero-order valence-electron chi connectivity index (χ0n) is 12.0. The van der Waals surface area contributed by atoms with Crippen LogP contribution in [0.4, 0.5) is 0 Å². The first-order valence-electron chi connectivity index (χ1n) is 6.67. The minimum Gasteiger partial charge on any atom is -0.481 e. The summed E-state index contributed by atoms with van der Waals surface area (Å²) in [5.74, 6) is 0.428. The summed E-state index contributed by atoms with van der Waals surface area (Å²) in [6.45, 7) is 3.07. The van der Waals surface area contributed by atoms with Crippen molar-refractivity contribution in [3.05, 3.63) is 58.7 Å². The van der Waals surface area contributed by atoms with Gasteiger partial charge in [0.15, 0.2) is 0 Å². The quantitative estimate of drug-likeness (QED) is 0.850. The summed E-state index contributed by atoms with van der Waals surface area (Å²) in [6, 6.07) is 10.9. The van der Waals surface area contributed by atoms with Gasteiger partial charge in [-0.3, -0.25) is 4.79 Å². The van der Waals surface area contributed by atoms with Crippen LogP contribution in [0.1, 0.15) is 22.8 Å². The summed E-state index contributed by atoms with van der Waals surface area (Å²) in [5, 5.41) is 0.669. The predicted octanol–water partition coefficient (Wildman–Crippen LogP) is 3.41. The third-order valence-corrected chi connectivity index (χ3v) is 3.36. The number of rotatable bonds is 5. The molecule has 0 aliphatic rings. The fourth-order valence-corrected chi connectivity index (χ4v) is 2.21. The van der Waals surface area contributed by atoms with E-state index in [1.165, 1.54) is 6.20 Å². The number of ether oxygens (including phenoxy) is 1. The van der Waals surface area contributed by atoms with E-state index < -0.39 is 0 Å². The smallest absolute Gasteiger partial charge is 0.255 e. The van der Waals surface area contributed by atoms with E-state index in [1.807, 2.05) is 31.2 Å². The zero-order valence-corrected chi connectivity index (χ0v) is 12.8. The molecule has 0 bridgehead atoms. The Morgan fingerprint density at radius 2 is 2.14 bits per heavy atom. The Morgan fingerprint density at radius 1 is 1.33 bits per heavy atom. The summed E-state index contributed by atoms with van der Waals surface area (Å²) < 4.78 is 4.99. The monoisotopic (exact) mass is 304 g/mol. The van der Waals surface area contributed by atoms with Crippen molar-refractivity contribution in [3.63, 3.8) is 0 Å². The molecule has 0 aliphatic carbocycles. The maximum atomic E-state index is 12.5. The standard InChI is InChI=1S/C16H17ClN2O2/c1-3-19(11-12-5-4-6-14(17)9-12)16(20)13-7-8-15(21-2)18-10-13/h4-10H,3,11H2,1-2H3. The first-order valence-corrected chi connectivity index (χ1v) is 7.05. The van der Waals surface area contributed by atoms with E-state index in [-0.39, 0.29) is 5.91 Å². The van der Waals surface area contributed by atoms with Crippen molar-refractivity contribution in [2.24, 2.45) is 0 Å². The third kappa shape index (κ3) is 3.95. The van der Waals surface area contributed by atoms with Gasteiger partial charge in [-0.1, -0.05) is 23.7 Å². The van der Waals surface area contributed by atoms with Crippen molar-refractivity contribution in [3.8, 4) is 5.88 Å². The van der Waals surface area contributed by atoms with E-state index in [4.69, 9.17) is 16.3 Å². The molecule has 0 atom stereocenters. The highest BCUT2D eigenvalue weighted by molar-refractivity contribution is 6.30. The molecule has 0 radical (unpaired) electrons. The second-order valence-corrected chi connectivity index (χ2v) is 4.97. The van der Waals surface area contributed by atoms with Gasteiger partial charge >= 0.3 is 0 Å². The molecule has 2 rings (SSSR count). The van der Waals surface area contributed by atoms with Gasteiger partial charge in [0.05, 0.1) is 12.7 Å². The van der Waals surface area contributed by atoms with Crippen LogP contribution in [-0.4, -0.2) is 29.4 Å². The minimum atomic E-state index is -0.0624. The first kappa shape index (κ1) is 15.3. The molecule has 0 unspecified atom stereocenters. The van der Waals surface area contributed by atoms with E-state index in [0.717, 1.165) is 5.56 Å². The third-order valence-electron chi connectivity index (χ3n) is 3.12. The van der Waals surface area contributed by atoms with Gasteiger partial charge in [-0.2, -0.15) is 0 Å². The van der Waals surface area contributed by atoms with E-state index in [0.29, 0.717) is 29.6 Å². The lowest BCUT2D eigenvalue weighted by atomic mass is 10.2. The van der Waals surface area contributed by atoms with E-state index in [2.05, 4.69) is 4.98 Å². The molecular formula is C16H17ClN2O2. The van der Waals surface area contributed by atoms with Crippen LogP contribution in [0.5, 0.6) is 5.88 Å². The topological polar surface area (TPSA) is 42.4 Å². The molecule has 4 nitrogen and oxygen atoms in total. The van der Waals surface area contributed by atoms with Crippen LogP contribution < -0.4 is 4.74 Å². The van der Waals surface area contributed by atoms with Gasteiger partial charge in [-0.05, 0) is 30.7 Å². The molecule has 0 fully saturated rings. The molecule has 21 heavy (non-hydrogen) atoms. The average Bonchev–Trinajstić information content (AvgIpc) is 2.52. The Kier molecular flexibility index (Phi) is 5.17. The maximum absolute atomic E-state index is 12.5. The van der Waals surface area contributed by atoms with Crippen molar-refractivity contribution in [1.29, 1.82) is 0 Å². The van der Waals surface area contributed by atoms with Crippen molar-refractivity contribution in [2.45, 2.75) is 13.5 Å². The molecular weight excluding hydrogens is 288 g/mol. The Balaban J connectivity index is 2.14. The fraction of sp³-hybridized carbons (Fsp3) is 0.250. The molecule has 1 aromatic carbocycles. The highest BCUT2D eigenvalue weighted by Crippen LogP contribution is 2.15. The predicted molar refractivity (Wildman–Crippen MR) is 82.7 cm³/mol. The number of benzene rings is 1. The van der Waals surface area contributed by atoms with E-state index >= 15 is 0 Å². The molecule has 0 saturated carbocycles. The minimum absolute atomic E-state index is 0.0624. The molecule has 1 heterocycles. The van der Waals surface area contributed by atoms with Gasteiger partial charge in [0.1, 0.15) is 0 Å². The number of pyridine rings is 1. The number of nitrogens with zero attached hydrogens (tertiary/aromatic N) is 2. The molecule has 0 saturated heterocycles. The highest BCUT2D eigenvalue weighted by Gasteiger charge is 2.15. The van der Waals surface area contributed by atoms with Gasteiger partial charge in [0, 0.05) is 30.4 Å². The average molecular weight is 305 g/mol. The summed E-state index contributed by atoms with van der Waals surface area (Å²) in [5.41, 5.74) is 1.54. The summed E-state index contributed by atoms with van der Waals surface area (Å²) >= 11 is 5.97. The number of carbonyl (C=O) groups excluding carboxylic acids is 1. The van der Waals surface area contributed by atoms with Crippen molar-refractivity contribution in [2.75, 3.05) is 13.7 Å². The van der Waals surface area contributed by atoms with Crippen LogP contribution in [-0.2, 0) is 6.54 Å². The molecule has 0 aliphatic heterocycles. The van der Waals surface area contributed by atoms with Crippen LogP contribution in [0.25, 0.3) is 0 Å². The van der Waals surface area contributed by atoms with Crippen molar-refractivity contribution >= 4 is 17.5 Å². The first-order chi connectivity index (χ1) is 10.1. The fourth-order valence-electron chi connectivity index (χ4n) is 1.99. The van der Waals surface area contributed by atoms with Gasteiger partial charge in [0.25, 0.3) is 5.91 Å². The van der Waals surface area contributed by atoms with Crippen LogP contribution in [0, 0.1) is 0 Å². The lowest BCUT2D eigenvalue weighted by molar-refractivity contribution is 0.0752. The van der Waals surface area contributed by atoms with Gasteiger partial charge in [-0.25, -0.2) is 4.98 Å². The van der Waals surface area contributed by atoms with E-state index in [1.54, 1.807) is 24.1 Å². The van der Waals surface area contributed by atoms with Gasteiger partial charge < -0.3 is 9.64 Å². The zero-order chi connectivity index (χ0) is 15.2. The summed E-state index contributed by atoms with van der Waals surface area (Å²) in [7, 11) is 1.54. The lowest BCUT2D eigenvalue weighted by Gasteiger charge is -2.21. The molecule has 2 aromatic rings. The molecule has 0 N–H and O–H groups in total. The highest BCUT2D eigenvalue weighted by atomic mass is 35.5.